The van der Waals surface area contributed by atoms with Crippen LogP contribution in [0.3, 0.4) is 0 Å². The van der Waals surface area contributed by atoms with E-state index < -0.39 is 0 Å². The molecule has 0 aromatic rings. The summed E-state index contributed by atoms with van der Waals surface area (Å²) < 4.78 is 0. The van der Waals surface area contributed by atoms with Crippen molar-refractivity contribution in [1.29, 1.82) is 0 Å². The fraction of sp³-hybridized carbons (Fsp3) is 1.00. The van der Waals surface area contributed by atoms with Crippen LogP contribution in [0.4, 0.5) is 0 Å². The highest BCUT2D eigenvalue weighted by molar-refractivity contribution is 4.93. The fourth-order valence-electron chi connectivity index (χ4n) is 2.15. The van der Waals surface area contributed by atoms with E-state index in [-0.39, 0.29) is 0 Å². The second kappa shape index (κ2) is 11.0. The molecule has 0 spiro atoms. The Kier molecular flexibility index (Phi) is 12.5. The maximum Gasteiger partial charge on any atom is 0.0317 e. The Morgan fingerprint density at radius 2 is 1.71 bits per heavy atom. The Morgan fingerprint density at radius 1 is 1.18 bits per heavy atom. The second-order valence-electron chi connectivity index (χ2n) is 4.76. The van der Waals surface area contributed by atoms with E-state index in [2.05, 4.69) is 37.7 Å². The molecule has 1 saturated heterocycles. The molecule has 1 heterocycles. The molecule has 2 heteroatoms. The lowest BCUT2D eigenvalue weighted by Gasteiger charge is -2.35. The van der Waals surface area contributed by atoms with Gasteiger partial charge in [-0.3, -0.25) is 4.90 Å². The first-order valence-electron chi connectivity index (χ1n) is 7.48. The van der Waals surface area contributed by atoms with Crippen LogP contribution >= 0.6 is 0 Å². The minimum Gasteiger partial charge on any atom is -0.304 e. The molecule has 17 heavy (non-hydrogen) atoms. The topological polar surface area (TPSA) is 6.48 Å². The summed E-state index contributed by atoms with van der Waals surface area (Å²) in [5.41, 5.74) is 0.434. The van der Waals surface area contributed by atoms with Crippen LogP contribution in [-0.2, 0) is 0 Å². The van der Waals surface area contributed by atoms with E-state index in [1.54, 1.807) is 0 Å². The maximum atomic E-state index is 2.54. The number of hydrogen-bond acceptors (Lipinski definition) is 2. The maximum absolute atomic E-state index is 2.54. The van der Waals surface area contributed by atoms with Gasteiger partial charge in [0, 0.05) is 12.1 Å². The molecular formula is C15H36N2. The normalized spacial score (nSPS) is 23.8. The summed E-state index contributed by atoms with van der Waals surface area (Å²) in [5, 5.41) is 0. The number of likely N-dealkylation sites (tertiary alicyclic amines) is 1. The molecule has 0 amide bonds. The van der Waals surface area contributed by atoms with E-state index in [0.29, 0.717) is 5.54 Å². The van der Waals surface area contributed by atoms with Crippen LogP contribution in [0.15, 0.2) is 0 Å². The smallest absolute Gasteiger partial charge is 0.0317 e. The Balaban J connectivity index is 0. The van der Waals surface area contributed by atoms with Crippen molar-refractivity contribution in [2.45, 2.75) is 66.3 Å². The zero-order valence-corrected chi connectivity index (χ0v) is 13.6. The minimum absolute atomic E-state index is 0.434. The lowest BCUT2D eigenvalue weighted by Crippen LogP contribution is -2.46. The molecule has 0 radical (unpaired) electrons. The second-order valence-corrected chi connectivity index (χ2v) is 4.76. The van der Waals surface area contributed by atoms with Gasteiger partial charge in [-0.1, -0.05) is 41.0 Å². The third-order valence-electron chi connectivity index (χ3n) is 3.41. The van der Waals surface area contributed by atoms with Gasteiger partial charge in [-0.2, -0.15) is 0 Å². The number of rotatable bonds is 4. The summed E-state index contributed by atoms with van der Waals surface area (Å²) in [6.45, 7) is 16.4. The van der Waals surface area contributed by atoms with Crippen molar-refractivity contribution in [3.63, 3.8) is 0 Å². The molecule has 0 bridgehead atoms. The molecule has 1 atom stereocenters. The van der Waals surface area contributed by atoms with Gasteiger partial charge in [-0.25, -0.2) is 0 Å². The lowest BCUT2D eigenvalue weighted by molar-refractivity contribution is 0.143. The fourth-order valence-corrected chi connectivity index (χ4v) is 2.15. The molecule has 0 aliphatic carbocycles. The van der Waals surface area contributed by atoms with Gasteiger partial charge < -0.3 is 4.90 Å². The largest absolute Gasteiger partial charge is 0.304 e. The average molecular weight is 244 g/mol. The zero-order chi connectivity index (χ0) is 13.9. The Labute approximate surface area is 110 Å². The van der Waals surface area contributed by atoms with Crippen molar-refractivity contribution in [3.05, 3.63) is 0 Å². The van der Waals surface area contributed by atoms with E-state index in [1.807, 2.05) is 27.7 Å². The average Bonchev–Trinajstić information content (AvgIpc) is 2.72. The molecule has 1 fully saturated rings. The predicted octanol–water partition coefficient (Wildman–Crippen LogP) is 3.86. The van der Waals surface area contributed by atoms with Crippen LogP contribution in [0.2, 0.25) is 0 Å². The highest BCUT2D eigenvalue weighted by Gasteiger charge is 2.34. The van der Waals surface area contributed by atoms with E-state index in [1.165, 1.54) is 38.9 Å². The Bertz CT molecular complexity index is 159. The van der Waals surface area contributed by atoms with Crippen molar-refractivity contribution < 1.29 is 0 Å². The lowest BCUT2D eigenvalue weighted by atomic mass is 9.99. The molecule has 2 nitrogen and oxygen atoms in total. The first kappa shape index (κ1) is 19.3. The van der Waals surface area contributed by atoms with Crippen molar-refractivity contribution in [2.24, 2.45) is 0 Å². The van der Waals surface area contributed by atoms with Crippen molar-refractivity contribution in [1.82, 2.24) is 9.80 Å². The van der Waals surface area contributed by atoms with Crippen LogP contribution < -0.4 is 0 Å². The quantitative estimate of drug-likeness (QED) is 0.741. The molecule has 0 aromatic carbocycles. The molecule has 0 N–H and O–H groups in total. The Morgan fingerprint density at radius 3 is 2.06 bits per heavy atom. The summed E-state index contributed by atoms with van der Waals surface area (Å²) in [5.74, 6) is 0. The molecule has 0 aromatic heterocycles. The summed E-state index contributed by atoms with van der Waals surface area (Å²) in [6.07, 6.45) is 3.95. The molecular weight excluding hydrogens is 208 g/mol. The number of unbranched alkanes of at least 4 members (excludes halogenated alkanes) is 1. The number of nitrogens with zero attached hydrogens (tertiary/aromatic N) is 2. The third-order valence-corrected chi connectivity index (χ3v) is 3.41. The summed E-state index contributed by atoms with van der Waals surface area (Å²) in [7, 11) is 4.49. The molecule has 1 unspecified atom stereocenters. The van der Waals surface area contributed by atoms with E-state index in [4.69, 9.17) is 0 Å². The number of hydrogen-bond donors (Lipinski definition) is 0. The van der Waals surface area contributed by atoms with Gasteiger partial charge in [-0.05, 0) is 47.0 Å². The van der Waals surface area contributed by atoms with E-state index in [9.17, 15) is 0 Å². The summed E-state index contributed by atoms with van der Waals surface area (Å²) >= 11 is 0. The van der Waals surface area contributed by atoms with E-state index in [0.717, 1.165) is 0 Å². The van der Waals surface area contributed by atoms with Crippen LogP contribution in [0.1, 0.15) is 60.8 Å². The van der Waals surface area contributed by atoms with Gasteiger partial charge in [0.15, 0.2) is 0 Å². The number of likely N-dealkylation sites (N-methyl/N-ethyl adjacent to an activating group) is 2. The van der Waals surface area contributed by atoms with Gasteiger partial charge in [-0.15, -0.1) is 0 Å². The SMILES string of the molecule is CC.CC.CCCCN(C)C1(C)CCN(C)C1. The zero-order valence-electron chi connectivity index (χ0n) is 13.6. The third kappa shape index (κ3) is 7.05. The summed E-state index contributed by atoms with van der Waals surface area (Å²) in [4.78, 5) is 4.97. The van der Waals surface area contributed by atoms with E-state index >= 15 is 0 Å². The monoisotopic (exact) mass is 244 g/mol. The van der Waals surface area contributed by atoms with Gasteiger partial charge in [0.25, 0.3) is 0 Å². The molecule has 1 aliphatic heterocycles. The molecule has 1 aliphatic rings. The van der Waals surface area contributed by atoms with Crippen molar-refractivity contribution in [3.8, 4) is 0 Å². The summed E-state index contributed by atoms with van der Waals surface area (Å²) in [6, 6.07) is 0. The standard InChI is InChI=1S/C11H24N2.2C2H6/c1-5-6-8-13(4)11(2)7-9-12(3)10-11;2*1-2/h5-10H2,1-4H3;2*1-2H3. The molecule has 0 saturated carbocycles. The Hall–Kier alpha value is -0.0800. The van der Waals surface area contributed by atoms with Crippen LogP contribution in [0, 0.1) is 0 Å². The first-order chi connectivity index (χ1) is 8.08. The highest BCUT2D eigenvalue weighted by Crippen LogP contribution is 2.25. The minimum atomic E-state index is 0.434. The highest BCUT2D eigenvalue weighted by atomic mass is 15.3. The van der Waals surface area contributed by atoms with Gasteiger partial charge in [0.2, 0.25) is 0 Å². The van der Waals surface area contributed by atoms with Crippen LogP contribution in [-0.4, -0.2) is 49.1 Å². The van der Waals surface area contributed by atoms with Gasteiger partial charge >= 0.3 is 0 Å². The van der Waals surface area contributed by atoms with Gasteiger partial charge in [0.1, 0.15) is 0 Å². The first-order valence-corrected chi connectivity index (χ1v) is 7.48. The van der Waals surface area contributed by atoms with Crippen molar-refractivity contribution in [2.75, 3.05) is 33.7 Å². The van der Waals surface area contributed by atoms with Crippen molar-refractivity contribution >= 4 is 0 Å². The van der Waals surface area contributed by atoms with Gasteiger partial charge in [0.05, 0.1) is 0 Å². The van der Waals surface area contributed by atoms with Crippen LogP contribution in [0.25, 0.3) is 0 Å². The predicted molar refractivity (Wildman–Crippen MR) is 80.8 cm³/mol. The molecule has 1 rings (SSSR count). The molecule has 106 valence electrons. The van der Waals surface area contributed by atoms with Crippen LogP contribution in [0.5, 0.6) is 0 Å².